The lowest BCUT2D eigenvalue weighted by atomic mass is 10.1. The predicted molar refractivity (Wildman–Crippen MR) is 83.4 cm³/mol. The SMILES string of the molecule is COc1cc(CC(=O)Nc2nc(C)ncc2C)cc(OC)c1. The van der Waals surface area contributed by atoms with Crippen LogP contribution in [0.3, 0.4) is 0 Å². The molecule has 1 aromatic carbocycles. The molecule has 0 bridgehead atoms. The summed E-state index contributed by atoms with van der Waals surface area (Å²) in [6.45, 7) is 3.63. The summed E-state index contributed by atoms with van der Waals surface area (Å²) in [5.74, 6) is 2.29. The second-order valence-electron chi connectivity index (χ2n) is 4.89. The summed E-state index contributed by atoms with van der Waals surface area (Å²) in [5.41, 5.74) is 1.62. The number of hydrogen-bond donors (Lipinski definition) is 1. The lowest BCUT2D eigenvalue weighted by Crippen LogP contribution is -2.17. The van der Waals surface area contributed by atoms with E-state index in [2.05, 4.69) is 15.3 Å². The third-order valence-electron chi connectivity index (χ3n) is 3.13. The van der Waals surface area contributed by atoms with Gasteiger partial charge in [-0.25, -0.2) is 9.97 Å². The number of carbonyl (C=O) groups excluding carboxylic acids is 1. The fourth-order valence-electron chi connectivity index (χ4n) is 1.99. The molecule has 0 atom stereocenters. The molecule has 0 aliphatic heterocycles. The van der Waals surface area contributed by atoms with Crippen molar-refractivity contribution in [3.8, 4) is 11.5 Å². The fourth-order valence-corrected chi connectivity index (χ4v) is 1.99. The van der Waals surface area contributed by atoms with Crippen molar-refractivity contribution in [1.82, 2.24) is 9.97 Å². The van der Waals surface area contributed by atoms with Crippen LogP contribution in [0, 0.1) is 13.8 Å². The van der Waals surface area contributed by atoms with Gasteiger partial charge in [-0.3, -0.25) is 4.79 Å². The van der Waals surface area contributed by atoms with E-state index in [0.29, 0.717) is 23.1 Å². The Balaban J connectivity index is 2.13. The number of anilines is 1. The molecule has 1 N–H and O–H groups in total. The van der Waals surface area contributed by atoms with Crippen LogP contribution in [0.5, 0.6) is 11.5 Å². The third kappa shape index (κ3) is 3.94. The largest absolute Gasteiger partial charge is 0.497 e. The number of carbonyl (C=O) groups is 1. The molecular weight excluding hydrogens is 282 g/mol. The molecule has 0 fully saturated rings. The first kappa shape index (κ1) is 15.8. The van der Waals surface area contributed by atoms with Crippen LogP contribution in [0.2, 0.25) is 0 Å². The molecule has 2 aromatic rings. The van der Waals surface area contributed by atoms with Crippen LogP contribution in [0.25, 0.3) is 0 Å². The van der Waals surface area contributed by atoms with E-state index in [1.807, 2.05) is 6.92 Å². The van der Waals surface area contributed by atoms with Crippen LogP contribution in [-0.2, 0) is 11.2 Å². The molecule has 6 heteroatoms. The van der Waals surface area contributed by atoms with Crippen molar-refractivity contribution in [3.63, 3.8) is 0 Å². The first-order chi connectivity index (χ1) is 10.5. The summed E-state index contributed by atoms with van der Waals surface area (Å²) in [6, 6.07) is 5.37. The minimum absolute atomic E-state index is 0.156. The minimum Gasteiger partial charge on any atom is -0.497 e. The van der Waals surface area contributed by atoms with Crippen molar-refractivity contribution in [3.05, 3.63) is 41.3 Å². The van der Waals surface area contributed by atoms with Gasteiger partial charge in [-0.2, -0.15) is 0 Å². The zero-order valence-corrected chi connectivity index (χ0v) is 13.1. The van der Waals surface area contributed by atoms with E-state index in [0.717, 1.165) is 11.1 Å². The summed E-state index contributed by atoms with van der Waals surface area (Å²) >= 11 is 0. The predicted octanol–water partition coefficient (Wildman–Crippen LogP) is 2.29. The van der Waals surface area contributed by atoms with Gasteiger partial charge in [0.05, 0.1) is 20.6 Å². The second-order valence-corrected chi connectivity index (χ2v) is 4.89. The molecule has 0 aliphatic carbocycles. The number of methoxy groups -OCH3 is 2. The van der Waals surface area contributed by atoms with Crippen LogP contribution in [0.4, 0.5) is 5.82 Å². The summed E-state index contributed by atoms with van der Waals surface area (Å²) in [4.78, 5) is 20.5. The zero-order valence-electron chi connectivity index (χ0n) is 13.1. The van der Waals surface area contributed by atoms with Gasteiger partial charge in [0.15, 0.2) is 0 Å². The zero-order chi connectivity index (χ0) is 16.1. The topological polar surface area (TPSA) is 73.3 Å². The van der Waals surface area contributed by atoms with Crippen LogP contribution in [-0.4, -0.2) is 30.1 Å². The molecule has 0 saturated carbocycles. The van der Waals surface area contributed by atoms with E-state index in [-0.39, 0.29) is 12.3 Å². The lowest BCUT2D eigenvalue weighted by molar-refractivity contribution is -0.115. The minimum atomic E-state index is -0.156. The van der Waals surface area contributed by atoms with Gasteiger partial charge in [-0.1, -0.05) is 0 Å². The summed E-state index contributed by atoms with van der Waals surface area (Å²) in [5, 5.41) is 2.80. The van der Waals surface area contributed by atoms with Gasteiger partial charge >= 0.3 is 0 Å². The molecule has 0 spiro atoms. The van der Waals surface area contributed by atoms with Crippen LogP contribution in [0.15, 0.2) is 24.4 Å². The average Bonchev–Trinajstić information content (AvgIpc) is 2.50. The standard InChI is InChI=1S/C16H19N3O3/c1-10-9-17-11(2)18-16(10)19-15(20)7-12-5-13(21-3)8-14(6-12)22-4/h5-6,8-9H,7H2,1-4H3,(H,17,18,19,20). The summed E-state index contributed by atoms with van der Waals surface area (Å²) in [7, 11) is 3.15. The van der Waals surface area contributed by atoms with E-state index in [4.69, 9.17) is 9.47 Å². The van der Waals surface area contributed by atoms with Crippen molar-refractivity contribution >= 4 is 11.7 Å². The van der Waals surface area contributed by atoms with Crippen molar-refractivity contribution in [2.45, 2.75) is 20.3 Å². The van der Waals surface area contributed by atoms with Crippen LogP contribution < -0.4 is 14.8 Å². The highest BCUT2D eigenvalue weighted by atomic mass is 16.5. The molecule has 0 radical (unpaired) electrons. The highest BCUT2D eigenvalue weighted by Crippen LogP contribution is 2.23. The molecule has 1 amide bonds. The molecular formula is C16H19N3O3. The quantitative estimate of drug-likeness (QED) is 0.917. The lowest BCUT2D eigenvalue weighted by Gasteiger charge is -2.10. The van der Waals surface area contributed by atoms with Crippen molar-refractivity contribution in [1.29, 1.82) is 0 Å². The number of hydrogen-bond acceptors (Lipinski definition) is 5. The Bertz CT molecular complexity index is 664. The molecule has 0 saturated heterocycles. The maximum absolute atomic E-state index is 12.2. The van der Waals surface area contributed by atoms with E-state index >= 15 is 0 Å². The molecule has 116 valence electrons. The van der Waals surface area contributed by atoms with Crippen LogP contribution >= 0.6 is 0 Å². The Kier molecular flexibility index (Phi) is 4.93. The number of rotatable bonds is 5. The number of benzene rings is 1. The van der Waals surface area contributed by atoms with E-state index in [9.17, 15) is 4.79 Å². The van der Waals surface area contributed by atoms with Gasteiger partial charge < -0.3 is 14.8 Å². The Labute approximate surface area is 129 Å². The van der Waals surface area contributed by atoms with E-state index in [1.165, 1.54) is 0 Å². The number of amides is 1. The normalized spacial score (nSPS) is 10.2. The fraction of sp³-hybridized carbons (Fsp3) is 0.312. The molecule has 0 aliphatic rings. The van der Waals surface area contributed by atoms with Gasteiger partial charge in [0.1, 0.15) is 23.1 Å². The highest BCUT2D eigenvalue weighted by Gasteiger charge is 2.10. The van der Waals surface area contributed by atoms with Crippen molar-refractivity contribution < 1.29 is 14.3 Å². The van der Waals surface area contributed by atoms with Gasteiger partial charge in [-0.15, -0.1) is 0 Å². The Hall–Kier alpha value is -2.63. The van der Waals surface area contributed by atoms with Crippen molar-refractivity contribution in [2.75, 3.05) is 19.5 Å². The van der Waals surface area contributed by atoms with Gasteiger partial charge in [0, 0.05) is 17.8 Å². The van der Waals surface area contributed by atoms with Gasteiger partial charge in [0.2, 0.25) is 5.91 Å². The van der Waals surface area contributed by atoms with Crippen LogP contribution in [0.1, 0.15) is 17.0 Å². The number of aromatic nitrogens is 2. The molecule has 1 aromatic heterocycles. The first-order valence-corrected chi connectivity index (χ1v) is 6.84. The maximum Gasteiger partial charge on any atom is 0.229 e. The van der Waals surface area contributed by atoms with E-state index in [1.54, 1.807) is 45.5 Å². The number of nitrogens with one attached hydrogen (secondary N) is 1. The Morgan fingerprint density at radius 2 is 1.77 bits per heavy atom. The Morgan fingerprint density at radius 1 is 1.14 bits per heavy atom. The number of ether oxygens (including phenoxy) is 2. The Morgan fingerprint density at radius 3 is 2.36 bits per heavy atom. The molecule has 22 heavy (non-hydrogen) atoms. The third-order valence-corrected chi connectivity index (χ3v) is 3.13. The second kappa shape index (κ2) is 6.89. The maximum atomic E-state index is 12.2. The molecule has 0 unspecified atom stereocenters. The smallest absolute Gasteiger partial charge is 0.229 e. The summed E-state index contributed by atoms with van der Waals surface area (Å²) < 4.78 is 10.4. The number of aryl methyl sites for hydroxylation is 2. The molecule has 2 rings (SSSR count). The molecule has 1 heterocycles. The monoisotopic (exact) mass is 301 g/mol. The number of nitrogens with zero attached hydrogens (tertiary/aromatic N) is 2. The van der Waals surface area contributed by atoms with Gasteiger partial charge in [-0.05, 0) is 31.5 Å². The molecule has 6 nitrogen and oxygen atoms in total. The average molecular weight is 301 g/mol. The first-order valence-electron chi connectivity index (χ1n) is 6.84. The van der Waals surface area contributed by atoms with Crippen molar-refractivity contribution in [2.24, 2.45) is 0 Å². The summed E-state index contributed by atoms with van der Waals surface area (Å²) in [6.07, 6.45) is 1.89. The highest BCUT2D eigenvalue weighted by molar-refractivity contribution is 5.92. The van der Waals surface area contributed by atoms with Gasteiger partial charge in [0.25, 0.3) is 0 Å². The van der Waals surface area contributed by atoms with E-state index < -0.39 is 0 Å².